The Morgan fingerprint density at radius 2 is 2.40 bits per heavy atom. The van der Waals surface area contributed by atoms with Gasteiger partial charge in [0, 0.05) is 25.4 Å². The fraction of sp³-hybridized carbons (Fsp3) is 0.556. The van der Waals surface area contributed by atoms with Crippen LogP contribution in [0.3, 0.4) is 0 Å². The van der Waals surface area contributed by atoms with Gasteiger partial charge in [0.15, 0.2) is 0 Å². The molecule has 15 heavy (non-hydrogen) atoms. The van der Waals surface area contributed by atoms with Gasteiger partial charge in [-0.25, -0.2) is 0 Å². The maximum Gasteiger partial charge on any atom is 0.231 e. The van der Waals surface area contributed by atoms with Crippen molar-refractivity contribution in [3.8, 4) is 0 Å². The Labute approximate surface area is 88.8 Å². The number of hydrogen-bond acceptors (Lipinski definition) is 4. The van der Waals surface area contributed by atoms with E-state index in [4.69, 9.17) is 11.5 Å². The monoisotopic (exact) mass is 211 g/mol. The molecule has 1 aromatic heterocycles. The summed E-state index contributed by atoms with van der Waals surface area (Å²) in [4.78, 5) is 12.6. The largest absolute Gasteiger partial charge is 0.369 e. The number of carbonyl (C=O) groups excluding carboxylic acids is 1. The lowest BCUT2D eigenvalue weighted by Crippen LogP contribution is -2.36. The molecular formula is C9H17N5O. The van der Waals surface area contributed by atoms with Crippen molar-refractivity contribution in [1.82, 2.24) is 14.7 Å². The molecule has 0 aliphatic rings. The molecule has 0 aliphatic carbocycles. The first-order valence-electron chi connectivity index (χ1n) is 4.71. The molecule has 1 rings (SSSR count). The molecule has 84 valence electrons. The fourth-order valence-electron chi connectivity index (χ4n) is 1.54. The van der Waals surface area contributed by atoms with Crippen LogP contribution in [-0.4, -0.2) is 40.7 Å². The molecule has 6 heteroatoms. The predicted octanol–water partition coefficient (Wildman–Crippen LogP) is -1.16. The number of aromatic nitrogens is 2. The van der Waals surface area contributed by atoms with E-state index in [1.54, 1.807) is 10.9 Å². The summed E-state index contributed by atoms with van der Waals surface area (Å²) < 4.78 is 1.70. The van der Waals surface area contributed by atoms with E-state index in [0.717, 1.165) is 5.56 Å². The highest BCUT2D eigenvalue weighted by Gasteiger charge is 2.17. The Bertz CT molecular complexity index is 335. The number of nitrogens with two attached hydrogens (primary N) is 2. The van der Waals surface area contributed by atoms with E-state index in [-0.39, 0.29) is 18.5 Å². The normalized spacial score (nSPS) is 13.1. The third kappa shape index (κ3) is 3.03. The molecule has 0 radical (unpaired) electrons. The van der Waals surface area contributed by atoms with Crippen LogP contribution in [0.15, 0.2) is 12.4 Å². The standard InChI is InChI=1S/C9H17N5O/c1-13(6-9(11)15)8(3-10)7-4-12-14(2)5-7/h4-5,8H,3,6,10H2,1-2H3,(H2,11,15). The average Bonchev–Trinajstić information content (AvgIpc) is 2.51. The SMILES string of the molecule is CN(CC(N)=O)C(CN)c1cnn(C)c1. The first kappa shape index (κ1) is 11.7. The van der Waals surface area contributed by atoms with Gasteiger partial charge < -0.3 is 11.5 Å². The molecule has 1 aromatic rings. The van der Waals surface area contributed by atoms with Gasteiger partial charge in [0.1, 0.15) is 0 Å². The maximum atomic E-state index is 10.8. The van der Waals surface area contributed by atoms with Crippen molar-refractivity contribution in [3.05, 3.63) is 18.0 Å². The van der Waals surface area contributed by atoms with Crippen LogP contribution < -0.4 is 11.5 Å². The van der Waals surface area contributed by atoms with Gasteiger partial charge in [-0.15, -0.1) is 0 Å². The van der Waals surface area contributed by atoms with Gasteiger partial charge in [-0.3, -0.25) is 14.4 Å². The summed E-state index contributed by atoms with van der Waals surface area (Å²) >= 11 is 0. The first-order chi connectivity index (χ1) is 7.04. The van der Waals surface area contributed by atoms with E-state index in [9.17, 15) is 4.79 Å². The van der Waals surface area contributed by atoms with Crippen molar-refractivity contribution in [1.29, 1.82) is 0 Å². The van der Waals surface area contributed by atoms with Crippen molar-refractivity contribution in [3.63, 3.8) is 0 Å². The molecule has 1 atom stereocenters. The predicted molar refractivity (Wildman–Crippen MR) is 56.8 cm³/mol. The molecule has 6 nitrogen and oxygen atoms in total. The van der Waals surface area contributed by atoms with Crippen LogP contribution in [0, 0.1) is 0 Å². The Morgan fingerprint density at radius 3 is 2.80 bits per heavy atom. The van der Waals surface area contributed by atoms with Crippen molar-refractivity contribution in [2.24, 2.45) is 18.5 Å². The molecule has 0 fully saturated rings. The Kier molecular flexibility index (Phi) is 3.81. The number of hydrogen-bond donors (Lipinski definition) is 2. The zero-order chi connectivity index (χ0) is 11.4. The van der Waals surface area contributed by atoms with Gasteiger partial charge in [0.25, 0.3) is 0 Å². The number of nitrogens with zero attached hydrogens (tertiary/aromatic N) is 3. The highest BCUT2D eigenvalue weighted by molar-refractivity contribution is 5.75. The minimum atomic E-state index is -0.361. The van der Waals surface area contributed by atoms with Gasteiger partial charge in [-0.1, -0.05) is 0 Å². The van der Waals surface area contributed by atoms with E-state index in [2.05, 4.69) is 5.10 Å². The zero-order valence-electron chi connectivity index (χ0n) is 9.05. The van der Waals surface area contributed by atoms with Gasteiger partial charge >= 0.3 is 0 Å². The van der Waals surface area contributed by atoms with Crippen LogP contribution in [0.5, 0.6) is 0 Å². The Hall–Kier alpha value is -1.40. The van der Waals surface area contributed by atoms with Crippen LogP contribution in [0.4, 0.5) is 0 Å². The number of amides is 1. The molecule has 0 aliphatic heterocycles. The second-order valence-electron chi connectivity index (χ2n) is 3.58. The molecule has 0 bridgehead atoms. The summed E-state index contributed by atoms with van der Waals surface area (Å²) in [6.07, 6.45) is 3.63. The Balaban J connectivity index is 2.74. The highest BCUT2D eigenvalue weighted by atomic mass is 16.1. The number of aryl methyl sites for hydroxylation is 1. The van der Waals surface area contributed by atoms with Crippen LogP contribution in [0.1, 0.15) is 11.6 Å². The van der Waals surface area contributed by atoms with Gasteiger partial charge in [-0.05, 0) is 7.05 Å². The summed E-state index contributed by atoms with van der Waals surface area (Å²) in [6.45, 7) is 0.617. The lowest BCUT2D eigenvalue weighted by molar-refractivity contribution is -0.119. The molecular weight excluding hydrogens is 194 g/mol. The van der Waals surface area contributed by atoms with E-state index < -0.39 is 0 Å². The molecule has 0 saturated heterocycles. The second kappa shape index (κ2) is 4.90. The summed E-state index contributed by atoms with van der Waals surface area (Å²) in [6, 6.07) is -0.0220. The number of likely N-dealkylation sites (N-methyl/N-ethyl adjacent to an activating group) is 1. The summed E-state index contributed by atoms with van der Waals surface area (Å²) in [5.41, 5.74) is 11.8. The van der Waals surface area contributed by atoms with E-state index in [1.165, 1.54) is 0 Å². The van der Waals surface area contributed by atoms with Gasteiger partial charge in [0.2, 0.25) is 5.91 Å². The van der Waals surface area contributed by atoms with E-state index >= 15 is 0 Å². The smallest absolute Gasteiger partial charge is 0.231 e. The lowest BCUT2D eigenvalue weighted by Gasteiger charge is -2.24. The van der Waals surface area contributed by atoms with Crippen molar-refractivity contribution >= 4 is 5.91 Å². The van der Waals surface area contributed by atoms with Crippen LogP contribution in [-0.2, 0) is 11.8 Å². The maximum absolute atomic E-state index is 10.8. The number of primary amides is 1. The van der Waals surface area contributed by atoms with Gasteiger partial charge in [-0.2, -0.15) is 5.10 Å². The number of carbonyl (C=O) groups is 1. The van der Waals surface area contributed by atoms with Crippen molar-refractivity contribution in [2.75, 3.05) is 20.1 Å². The molecule has 0 spiro atoms. The number of rotatable bonds is 5. The summed E-state index contributed by atoms with van der Waals surface area (Å²) in [5, 5.41) is 4.07. The quantitative estimate of drug-likeness (QED) is 0.642. The van der Waals surface area contributed by atoms with Crippen LogP contribution in [0.25, 0.3) is 0 Å². The highest BCUT2D eigenvalue weighted by Crippen LogP contribution is 2.16. The van der Waals surface area contributed by atoms with Crippen molar-refractivity contribution in [2.45, 2.75) is 6.04 Å². The Morgan fingerprint density at radius 1 is 1.73 bits per heavy atom. The van der Waals surface area contributed by atoms with E-state index in [0.29, 0.717) is 6.54 Å². The molecule has 0 saturated carbocycles. The molecule has 1 heterocycles. The summed E-state index contributed by atoms with van der Waals surface area (Å²) in [7, 11) is 3.65. The third-order valence-electron chi connectivity index (χ3n) is 2.27. The minimum Gasteiger partial charge on any atom is -0.369 e. The summed E-state index contributed by atoms with van der Waals surface area (Å²) in [5.74, 6) is -0.361. The molecule has 1 amide bonds. The van der Waals surface area contributed by atoms with Gasteiger partial charge in [0.05, 0.1) is 18.8 Å². The minimum absolute atomic E-state index is 0.0220. The van der Waals surface area contributed by atoms with E-state index in [1.807, 2.05) is 25.2 Å². The topological polar surface area (TPSA) is 90.2 Å². The zero-order valence-corrected chi connectivity index (χ0v) is 9.05. The van der Waals surface area contributed by atoms with Crippen LogP contribution >= 0.6 is 0 Å². The molecule has 1 unspecified atom stereocenters. The average molecular weight is 211 g/mol. The third-order valence-corrected chi connectivity index (χ3v) is 2.27. The first-order valence-corrected chi connectivity index (χ1v) is 4.71. The van der Waals surface area contributed by atoms with Crippen LogP contribution in [0.2, 0.25) is 0 Å². The van der Waals surface area contributed by atoms with Crippen molar-refractivity contribution < 1.29 is 4.79 Å². The fourth-order valence-corrected chi connectivity index (χ4v) is 1.54. The second-order valence-corrected chi connectivity index (χ2v) is 3.58. The molecule has 4 N–H and O–H groups in total. The lowest BCUT2D eigenvalue weighted by atomic mass is 10.1. The molecule has 0 aromatic carbocycles.